The Kier molecular flexibility index (Phi) is 3.88. The van der Waals surface area contributed by atoms with Crippen molar-refractivity contribution >= 4 is 40.1 Å². The van der Waals surface area contributed by atoms with E-state index in [0.29, 0.717) is 11.5 Å². The number of aromatic amines is 1. The third kappa shape index (κ3) is 2.99. The summed E-state index contributed by atoms with van der Waals surface area (Å²) in [6.07, 6.45) is 0. The van der Waals surface area contributed by atoms with Crippen molar-refractivity contribution in [1.29, 1.82) is 0 Å². The topological polar surface area (TPSA) is 78.1 Å². The molecular weight excluding hydrogens is 300 g/mol. The van der Waals surface area contributed by atoms with Crippen LogP contribution >= 0.6 is 11.3 Å². The van der Waals surface area contributed by atoms with E-state index in [1.165, 1.54) is 16.2 Å². The summed E-state index contributed by atoms with van der Waals surface area (Å²) in [4.78, 5) is 32.7. The van der Waals surface area contributed by atoms with Crippen molar-refractivity contribution in [3.05, 3.63) is 46.7 Å². The van der Waals surface area contributed by atoms with Gasteiger partial charge in [0.25, 0.3) is 5.91 Å². The minimum absolute atomic E-state index is 0.0360. The molecule has 2 amide bonds. The number of para-hydroxylation sites is 2. The standard InChI is InChI=1S/C15H14N4O2S/c1-19(14(21)10-6-7-22-9-10)8-13(20)18-15-16-11-4-2-3-5-12(11)17-15/h2-7,9H,8H2,1H3,(H2,16,17,18,20). The number of H-pyrrole nitrogens is 1. The number of anilines is 1. The summed E-state index contributed by atoms with van der Waals surface area (Å²) in [7, 11) is 1.60. The monoisotopic (exact) mass is 314 g/mol. The molecule has 0 atom stereocenters. The first-order chi connectivity index (χ1) is 10.6. The minimum Gasteiger partial charge on any atom is -0.332 e. The van der Waals surface area contributed by atoms with E-state index in [1.807, 2.05) is 29.6 Å². The summed E-state index contributed by atoms with van der Waals surface area (Å²) in [5, 5.41) is 6.25. The fourth-order valence-electron chi connectivity index (χ4n) is 2.08. The van der Waals surface area contributed by atoms with Crippen LogP contribution in [0.4, 0.5) is 5.95 Å². The summed E-state index contributed by atoms with van der Waals surface area (Å²) in [5.41, 5.74) is 2.21. The average Bonchev–Trinajstić information content (AvgIpc) is 3.14. The molecule has 0 unspecified atom stereocenters. The first-order valence-corrected chi connectivity index (χ1v) is 7.60. The summed E-state index contributed by atoms with van der Waals surface area (Å²) < 4.78 is 0. The number of benzene rings is 1. The Balaban J connectivity index is 1.63. The SMILES string of the molecule is CN(CC(=O)Nc1nc2ccccc2[nH]1)C(=O)c1ccsc1. The number of amides is 2. The van der Waals surface area contributed by atoms with Gasteiger partial charge in [-0.25, -0.2) is 4.98 Å². The maximum absolute atomic E-state index is 12.1. The van der Waals surface area contributed by atoms with Gasteiger partial charge in [0.2, 0.25) is 11.9 Å². The molecule has 0 aliphatic carbocycles. The third-order valence-electron chi connectivity index (χ3n) is 3.14. The van der Waals surface area contributed by atoms with Crippen LogP contribution in [-0.2, 0) is 4.79 Å². The van der Waals surface area contributed by atoms with Crippen LogP contribution in [0.3, 0.4) is 0 Å². The Morgan fingerprint density at radius 2 is 2.14 bits per heavy atom. The lowest BCUT2D eigenvalue weighted by Gasteiger charge is -2.15. The van der Waals surface area contributed by atoms with E-state index in [4.69, 9.17) is 0 Å². The Labute approximate surface area is 130 Å². The molecule has 0 saturated carbocycles. The number of thiophene rings is 1. The first kappa shape index (κ1) is 14.3. The summed E-state index contributed by atoms with van der Waals surface area (Å²) >= 11 is 1.45. The Hall–Kier alpha value is -2.67. The molecule has 2 aromatic heterocycles. The molecule has 6 nitrogen and oxygen atoms in total. The van der Waals surface area contributed by atoms with E-state index in [9.17, 15) is 9.59 Å². The van der Waals surface area contributed by atoms with Gasteiger partial charge in [0.05, 0.1) is 23.1 Å². The van der Waals surface area contributed by atoms with Gasteiger partial charge < -0.3 is 9.88 Å². The number of rotatable bonds is 4. The van der Waals surface area contributed by atoms with E-state index in [-0.39, 0.29) is 18.4 Å². The zero-order valence-corrected chi connectivity index (χ0v) is 12.7. The van der Waals surface area contributed by atoms with Crippen molar-refractivity contribution in [2.75, 3.05) is 18.9 Å². The second-order valence-corrected chi connectivity index (χ2v) is 5.60. The molecule has 2 N–H and O–H groups in total. The van der Waals surface area contributed by atoms with Crippen molar-refractivity contribution < 1.29 is 9.59 Å². The van der Waals surface area contributed by atoms with Gasteiger partial charge in [-0.15, -0.1) is 0 Å². The molecule has 0 fully saturated rings. The number of fused-ring (bicyclic) bond motifs is 1. The van der Waals surface area contributed by atoms with Crippen molar-refractivity contribution in [2.45, 2.75) is 0 Å². The van der Waals surface area contributed by atoms with E-state index in [2.05, 4.69) is 15.3 Å². The van der Waals surface area contributed by atoms with Crippen LogP contribution in [0.1, 0.15) is 10.4 Å². The summed E-state index contributed by atoms with van der Waals surface area (Å²) in [5.74, 6) is -0.103. The van der Waals surface area contributed by atoms with Crippen LogP contribution in [0.5, 0.6) is 0 Å². The minimum atomic E-state index is -0.301. The molecule has 7 heteroatoms. The molecule has 0 aliphatic rings. The van der Waals surface area contributed by atoms with Gasteiger partial charge in [-0.2, -0.15) is 11.3 Å². The van der Waals surface area contributed by atoms with Crippen LogP contribution in [0.25, 0.3) is 11.0 Å². The largest absolute Gasteiger partial charge is 0.332 e. The summed E-state index contributed by atoms with van der Waals surface area (Å²) in [6.45, 7) is -0.0360. The number of nitrogens with one attached hydrogen (secondary N) is 2. The van der Waals surface area contributed by atoms with E-state index >= 15 is 0 Å². The van der Waals surface area contributed by atoms with Crippen molar-refractivity contribution in [3.63, 3.8) is 0 Å². The van der Waals surface area contributed by atoms with Crippen molar-refractivity contribution in [3.8, 4) is 0 Å². The zero-order chi connectivity index (χ0) is 15.5. The normalized spacial score (nSPS) is 10.6. The lowest BCUT2D eigenvalue weighted by molar-refractivity contribution is -0.116. The number of hydrogen-bond donors (Lipinski definition) is 2. The van der Waals surface area contributed by atoms with E-state index in [1.54, 1.807) is 18.5 Å². The van der Waals surface area contributed by atoms with Gasteiger partial charge in [-0.05, 0) is 23.6 Å². The van der Waals surface area contributed by atoms with Gasteiger partial charge in [-0.1, -0.05) is 12.1 Å². The number of nitrogens with zero attached hydrogens (tertiary/aromatic N) is 2. The Morgan fingerprint density at radius 3 is 2.86 bits per heavy atom. The Morgan fingerprint density at radius 1 is 1.32 bits per heavy atom. The number of hydrogen-bond acceptors (Lipinski definition) is 4. The zero-order valence-electron chi connectivity index (χ0n) is 11.9. The lowest BCUT2D eigenvalue weighted by atomic mass is 10.3. The molecule has 0 spiro atoms. The molecule has 1 aromatic carbocycles. The lowest BCUT2D eigenvalue weighted by Crippen LogP contribution is -2.34. The van der Waals surface area contributed by atoms with Crippen LogP contribution in [-0.4, -0.2) is 40.3 Å². The molecule has 112 valence electrons. The Bertz CT molecular complexity index is 777. The number of imidazole rings is 1. The third-order valence-corrected chi connectivity index (χ3v) is 3.83. The maximum Gasteiger partial charge on any atom is 0.254 e. The maximum atomic E-state index is 12.1. The van der Waals surface area contributed by atoms with Crippen LogP contribution in [0, 0.1) is 0 Å². The molecular formula is C15H14N4O2S. The van der Waals surface area contributed by atoms with Gasteiger partial charge in [-0.3, -0.25) is 14.9 Å². The number of aromatic nitrogens is 2. The van der Waals surface area contributed by atoms with Crippen molar-refractivity contribution in [1.82, 2.24) is 14.9 Å². The van der Waals surface area contributed by atoms with Crippen LogP contribution < -0.4 is 5.32 Å². The molecule has 3 aromatic rings. The molecule has 2 heterocycles. The average molecular weight is 314 g/mol. The number of carbonyl (C=O) groups is 2. The van der Waals surface area contributed by atoms with Crippen LogP contribution in [0.15, 0.2) is 41.1 Å². The second kappa shape index (κ2) is 5.98. The first-order valence-electron chi connectivity index (χ1n) is 6.66. The van der Waals surface area contributed by atoms with E-state index in [0.717, 1.165) is 11.0 Å². The predicted molar refractivity (Wildman–Crippen MR) is 86.0 cm³/mol. The molecule has 0 aliphatic heterocycles. The molecule has 0 saturated heterocycles. The predicted octanol–water partition coefficient (Wildman–Crippen LogP) is 2.34. The molecule has 0 radical (unpaired) electrons. The number of likely N-dealkylation sites (N-methyl/N-ethyl adjacent to an activating group) is 1. The van der Waals surface area contributed by atoms with E-state index < -0.39 is 0 Å². The second-order valence-electron chi connectivity index (χ2n) is 4.82. The molecule has 0 bridgehead atoms. The van der Waals surface area contributed by atoms with Gasteiger partial charge in [0, 0.05) is 12.4 Å². The highest BCUT2D eigenvalue weighted by atomic mass is 32.1. The summed E-state index contributed by atoms with van der Waals surface area (Å²) in [6, 6.07) is 9.24. The van der Waals surface area contributed by atoms with Crippen LogP contribution in [0.2, 0.25) is 0 Å². The highest BCUT2D eigenvalue weighted by Crippen LogP contribution is 2.13. The fraction of sp³-hybridized carbons (Fsp3) is 0.133. The van der Waals surface area contributed by atoms with Crippen molar-refractivity contribution in [2.24, 2.45) is 0 Å². The van der Waals surface area contributed by atoms with Gasteiger partial charge >= 0.3 is 0 Å². The molecule has 3 rings (SSSR count). The highest BCUT2D eigenvalue weighted by Gasteiger charge is 2.16. The molecule has 22 heavy (non-hydrogen) atoms. The fourth-order valence-corrected chi connectivity index (χ4v) is 2.71. The number of carbonyl (C=O) groups excluding carboxylic acids is 2. The van der Waals surface area contributed by atoms with Gasteiger partial charge in [0.1, 0.15) is 0 Å². The quantitative estimate of drug-likeness (QED) is 0.776. The smallest absolute Gasteiger partial charge is 0.254 e. The van der Waals surface area contributed by atoms with Gasteiger partial charge in [0.15, 0.2) is 0 Å². The highest BCUT2D eigenvalue weighted by molar-refractivity contribution is 7.08.